The molecule has 1 N–H and O–H groups in total. The Labute approximate surface area is 152 Å². The van der Waals surface area contributed by atoms with Crippen LogP contribution in [0.5, 0.6) is 5.88 Å². The molecule has 26 heavy (non-hydrogen) atoms. The van der Waals surface area contributed by atoms with Crippen molar-refractivity contribution >= 4 is 28.4 Å². The van der Waals surface area contributed by atoms with E-state index in [-0.39, 0.29) is 12.2 Å². The van der Waals surface area contributed by atoms with Gasteiger partial charge in [0.1, 0.15) is 12.3 Å². The van der Waals surface area contributed by atoms with Gasteiger partial charge in [-0.25, -0.2) is 9.51 Å². The fourth-order valence-electron chi connectivity index (χ4n) is 2.64. The molecule has 0 spiro atoms. The van der Waals surface area contributed by atoms with Crippen LogP contribution in [0.1, 0.15) is 17.7 Å². The van der Waals surface area contributed by atoms with Gasteiger partial charge in [-0.3, -0.25) is 4.79 Å². The van der Waals surface area contributed by atoms with E-state index in [0.717, 1.165) is 23.3 Å². The number of rotatable bonds is 5. The highest BCUT2D eigenvalue weighted by atomic mass is 16.5. The molecule has 2 aromatic heterocycles. The normalized spacial score (nSPS) is 16.3. The van der Waals surface area contributed by atoms with Gasteiger partial charge in [-0.05, 0) is 51.7 Å². The van der Waals surface area contributed by atoms with Gasteiger partial charge in [0.05, 0.1) is 11.9 Å². The summed E-state index contributed by atoms with van der Waals surface area (Å²) in [6, 6.07) is 3.94. The summed E-state index contributed by atoms with van der Waals surface area (Å²) in [5.74, 6) is 0.245. The Bertz CT molecular complexity index is 937. The third kappa shape index (κ3) is 3.57. The van der Waals surface area contributed by atoms with Crippen molar-refractivity contribution in [3.8, 4) is 5.88 Å². The summed E-state index contributed by atoms with van der Waals surface area (Å²) in [4.78, 5) is 18.8. The SMILES string of the molecule is Cc1ccc2c(N=C3C=CC(=N)CC3=O)c(OCCN(C)C)nn2c1C. The number of nitrogens with one attached hydrogen (secondary N) is 1. The number of ether oxygens (including phenoxy) is 1. The topological polar surface area (TPSA) is 83.0 Å². The molecular weight excluding hydrogens is 330 g/mol. The fourth-order valence-corrected chi connectivity index (χ4v) is 2.64. The average Bonchev–Trinajstić information content (AvgIpc) is 2.92. The van der Waals surface area contributed by atoms with E-state index < -0.39 is 0 Å². The van der Waals surface area contributed by atoms with Gasteiger partial charge in [0.15, 0.2) is 11.5 Å². The maximum Gasteiger partial charge on any atom is 0.260 e. The summed E-state index contributed by atoms with van der Waals surface area (Å²) < 4.78 is 7.67. The van der Waals surface area contributed by atoms with Crippen molar-refractivity contribution in [3.05, 3.63) is 35.5 Å². The Morgan fingerprint density at radius 1 is 1.31 bits per heavy atom. The minimum Gasteiger partial charge on any atom is -0.474 e. The van der Waals surface area contributed by atoms with Gasteiger partial charge >= 0.3 is 0 Å². The van der Waals surface area contributed by atoms with Crippen molar-refractivity contribution in [3.63, 3.8) is 0 Å². The van der Waals surface area contributed by atoms with Gasteiger partial charge in [0.25, 0.3) is 5.88 Å². The number of ketones is 1. The number of allylic oxidation sites excluding steroid dienone is 2. The number of aryl methyl sites for hydroxylation is 2. The number of carbonyl (C=O) groups excluding carboxylic acids is 1. The van der Waals surface area contributed by atoms with Gasteiger partial charge in [-0.2, -0.15) is 0 Å². The van der Waals surface area contributed by atoms with Crippen LogP contribution in [0.2, 0.25) is 0 Å². The van der Waals surface area contributed by atoms with Gasteiger partial charge < -0.3 is 15.0 Å². The van der Waals surface area contributed by atoms with Crippen LogP contribution in [0.3, 0.4) is 0 Å². The van der Waals surface area contributed by atoms with E-state index >= 15 is 0 Å². The molecule has 3 rings (SSSR count). The Kier molecular flexibility index (Phi) is 4.99. The van der Waals surface area contributed by atoms with Crippen LogP contribution in [0.4, 0.5) is 5.69 Å². The summed E-state index contributed by atoms with van der Waals surface area (Å²) in [5, 5.41) is 12.2. The number of pyridine rings is 1. The first-order valence-corrected chi connectivity index (χ1v) is 8.50. The number of fused-ring (bicyclic) bond motifs is 1. The maximum absolute atomic E-state index is 12.2. The van der Waals surface area contributed by atoms with Crippen LogP contribution in [-0.2, 0) is 4.79 Å². The number of aromatic nitrogens is 2. The molecule has 7 heteroatoms. The number of nitrogens with zero attached hydrogens (tertiary/aromatic N) is 4. The average molecular weight is 353 g/mol. The van der Waals surface area contributed by atoms with E-state index in [0.29, 0.717) is 29.6 Å². The van der Waals surface area contributed by atoms with Crippen LogP contribution in [0.25, 0.3) is 5.52 Å². The molecule has 2 heterocycles. The number of likely N-dealkylation sites (N-methyl/N-ethyl adjacent to an activating group) is 1. The lowest BCUT2D eigenvalue weighted by atomic mass is 10.0. The first-order chi connectivity index (χ1) is 12.4. The van der Waals surface area contributed by atoms with Crippen molar-refractivity contribution in [1.29, 1.82) is 5.41 Å². The molecule has 1 aliphatic carbocycles. The summed E-state index contributed by atoms with van der Waals surface area (Å²) in [7, 11) is 3.95. The summed E-state index contributed by atoms with van der Waals surface area (Å²) in [5.41, 5.74) is 4.07. The monoisotopic (exact) mass is 353 g/mol. The van der Waals surface area contributed by atoms with Crippen LogP contribution < -0.4 is 4.74 Å². The van der Waals surface area contributed by atoms with Crippen LogP contribution >= 0.6 is 0 Å². The third-order valence-corrected chi connectivity index (χ3v) is 4.33. The molecule has 7 nitrogen and oxygen atoms in total. The molecule has 136 valence electrons. The lowest BCUT2D eigenvalue weighted by molar-refractivity contribution is -0.111. The molecule has 0 fully saturated rings. The highest BCUT2D eigenvalue weighted by molar-refractivity contribution is 6.50. The number of carbonyl (C=O) groups is 1. The molecule has 2 aromatic rings. The molecular formula is C19H23N5O2. The van der Waals surface area contributed by atoms with Gasteiger partial charge in [0.2, 0.25) is 0 Å². The molecule has 0 atom stereocenters. The summed E-state index contributed by atoms with van der Waals surface area (Å²) in [6.07, 6.45) is 3.26. The molecule has 0 saturated heterocycles. The van der Waals surface area contributed by atoms with Crippen molar-refractivity contribution in [2.75, 3.05) is 27.2 Å². The molecule has 0 unspecified atom stereocenters. The van der Waals surface area contributed by atoms with Crippen molar-refractivity contribution in [1.82, 2.24) is 14.5 Å². The molecule has 0 radical (unpaired) electrons. The molecule has 0 amide bonds. The number of aliphatic imine (C=N–C) groups is 1. The minimum atomic E-state index is -0.167. The number of hydrogen-bond acceptors (Lipinski definition) is 6. The number of Topliss-reactive ketones (excluding diaryl/α,β-unsaturated/α-hetero) is 1. The van der Waals surface area contributed by atoms with E-state index in [1.807, 2.05) is 45.0 Å². The van der Waals surface area contributed by atoms with Gasteiger partial charge in [-0.1, -0.05) is 6.07 Å². The van der Waals surface area contributed by atoms with Crippen molar-refractivity contribution in [2.45, 2.75) is 20.3 Å². The standard InChI is InChI=1S/C19H23N5O2/c1-12-5-8-16-18(21-15-7-6-14(20)11-17(15)25)19(22-24(16)13(12)2)26-10-9-23(3)4/h5-8,20H,9-11H2,1-4H3. The largest absolute Gasteiger partial charge is 0.474 e. The van der Waals surface area contributed by atoms with Crippen molar-refractivity contribution in [2.24, 2.45) is 4.99 Å². The highest BCUT2D eigenvalue weighted by Gasteiger charge is 2.20. The van der Waals surface area contributed by atoms with E-state index in [1.54, 1.807) is 16.7 Å². The zero-order chi connectivity index (χ0) is 18.8. The predicted octanol–water partition coefficient (Wildman–Crippen LogP) is 2.51. The molecule has 1 aliphatic rings. The van der Waals surface area contributed by atoms with E-state index in [1.165, 1.54) is 0 Å². The highest BCUT2D eigenvalue weighted by Crippen LogP contribution is 2.33. The van der Waals surface area contributed by atoms with Gasteiger partial charge in [0, 0.05) is 18.0 Å². The summed E-state index contributed by atoms with van der Waals surface area (Å²) >= 11 is 0. The van der Waals surface area contributed by atoms with E-state index in [2.05, 4.69) is 10.1 Å². The molecule has 0 saturated carbocycles. The zero-order valence-electron chi connectivity index (χ0n) is 15.5. The molecule has 0 aliphatic heterocycles. The Hall–Kier alpha value is -2.80. The Morgan fingerprint density at radius 2 is 2.08 bits per heavy atom. The smallest absolute Gasteiger partial charge is 0.260 e. The first kappa shape index (κ1) is 18.0. The second kappa shape index (κ2) is 7.21. The first-order valence-electron chi connectivity index (χ1n) is 8.50. The van der Waals surface area contributed by atoms with Crippen LogP contribution in [-0.4, -0.2) is 59.0 Å². The Morgan fingerprint density at radius 3 is 2.77 bits per heavy atom. The Balaban J connectivity index is 2.09. The third-order valence-electron chi connectivity index (χ3n) is 4.33. The van der Waals surface area contributed by atoms with E-state index in [9.17, 15) is 4.79 Å². The lowest BCUT2D eigenvalue weighted by Crippen LogP contribution is -2.20. The minimum absolute atomic E-state index is 0.0729. The molecule has 0 bridgehead atoms. The summed E-state index contributed by atoms with van der Waals surface area (Å²) in [6.45, 7) is 5.23. The zero-order valence-corrected chi connectivity index (χ0v) is 15.5. The quantitative estimate of drug-likeness (QED) is 0.895. The van der Waals surface area contributed by atoms with Crippen molar-refractivity contribution < 1.29 is 9.53 Å². The second-order valence-corrected chi connectivity index (χ2v) is 6.66. The van der Waals surface area contributed by atoms with Crippen LogP contribution in [0.15, 0.2) is 29.3 Å². The number of hydrogen-bond donors (Lipinski definition) is 1. The van der Waals surface area contributed by atoms with Gasteiger partial charge in [-0.15, -0.1) is 5.10 Å². The molecule has 0 aromatic carbocycles. The predicted molar refractivity (Wildman–Crippen MR) is 102 cm³/mol. The second-order valence-electron chi connectivity index (χ2n) is 6.66. The fraction of sp³-hybridized carbons (Fsp3) is 0.368. The van der Waals surface area contributed by atoms with Crippen LogP contribution in [0, 0.1) is 19.3 Å². The lowest BCUT2D eigenvalue weighted by Gasteiger charge is -2.10. The maximum atomic E-state index is 12.2. The van der Waals surface area contributed by atoms with E-state index in [4.69, 9.17) is 10.1 Å².